The summed E-state index contributed by atoms with van der Waals surface area (Å²) in [6.07, 6.45) is 13.1. The Morgan fingerprint density at radius 3 is 1.49 bits per heavy atom. The van der Waals surface area contributed by atoms with E-state index >= 15 is 0 Å². The van der Waals surface area contributed by atoms with Crippen LogP contribution < -0.4 is 10.1 Å². The molecular weight excluding hydrogens is 550 g/mol. The molecule has 0 bridgehead atoms. The van der Waals surface area contributed by atoms with E-state index < -0.39 is 0 Å². The van der Waals surface area contributed by atoms with Gasteiger partial charge in [-0.15, -0.1) is 0 Å². The van der Waals surface area contributed by atoms with E-state index in [2.05, 4.69) is 36.5 Å². The lowest BCUT2D eigenvalue weighted by Crippen LogP contribution is -2.33. The fraction of sp³-hybridized carbons (Fsp3) is 0.824. The van der Waals surface area contributed by atoms with Crippen LogP contribution in [0.15, 0.2) is 24.3 Å². The molecule has 2 rings (SSSR count). The smallest absolute Gasteiger partial charge is 0.119 e. The molecule has 1 aliphatic rings. The lowest BCUT2D eigenvalue weighted by molar-refractivity contribution is -0.0308. The third-order valence-electron chi connectivity index (χ3n) is 7.22. The Morgan fingerprint density at radius 1 is 0.535 bits per heavy atom. The van der Waals surface area contributed by atoms with Gasteiger partial charge in [0.1, 0.15) is 12.4 Å². The van der Waals surface area contributed by atoms with Gasteiger partial charge in [-0.05, 0) is 56.5 Å². The third-order valence-corrected chi connectivity index (χ3v) is 7.22. The molecule has 1 aliphatic heterocycles. The highest BCUT2D eigenvalue weighted by Crippen LogP contribution is 2.15. The maximum Gasteiger partial charge on any atom is 0.119 e. The maximum absolute atomic E-state index is 5.80. The minimum absolute atomic E-state index is 0.379. The van der Waals surface area contributed by atoms with Gasteiger partial charge in [0.25, 0.3) is 0 Å². The van der Waals surface area contributed by atoms with Crippen LogP contribution >= 0.6 is 0 Å². The number of nitrogens with one attached hydrogen (secondary N) is 1. The number of ether oxygens (including phenoxy) is 8. The van der Waals surface area contributed by atoms with Crippen LogP contribution in [0.5, 0.6) is 5.75 Å². The quantitative estimate of drug-likeness (QED) is 0.114. The summed E-state index contributed by atoms with van der Waals surface area (Å²) in [6.45, 7) is 12.2. The zero-order chi connectivity index (χ0) is 30.3. The van der Waals surface area contributed by atoms with Gasteiger partial charge < -0.3 is 43.2 Å². The molecule has 0 radical (unpaired) electrons. The highest BCUT2D eigenvalue weighted by atomic mass is 16.6. The average molecular weight is 612 g/mol. The van der Waals surface area contributed by atoms with E-state index in [1.807, 2.05) is 0 Å². The summed E-state index contributed by atoms with van der Waals surface area (Å²) >= 11 is 0. The molecule has 0 aromatic heterocycles. The minimum atomic E-state index is 0.379. The van der Waals surface area contributed by atoms with Crippen molar-refractivity contribution in [3.8, 4) is 5.75 Å². The van der Waals surface area contributed by atoms with Crippen molar-refractivity contribution in [1.29, 1.82) is 0 Å². The van der Waals surface area contributed by atoms with Crippen molar-refractivity contribution in [3.05, 3.63) is 29.8 Å². The number of hydrogen-bond acceptors (Lipinski definition) is 9. The molecule has 250 valence electrons. The lowest BCUT2D eigenvalue weighted by Gasteiger charge is -2.22. The first-order valence-electron chi connectivity index (χ1n) is 16.9. The number of unbranched alkanes of at least 4 members (excludes halogenated alkanes) is 6. The molecule has 0 spiro atoms. The second kappa shape index (κ2) is 29.4. The minimum Gasteiger partial charge on any atom is -0.491 e. The second-order valence-electron chi connectivity index (χ2n) is 10.9. The van der Waals surface area contributed by atoms with Gasteiger partial charge in [-0.3, -0.25) is 0 Å². The largest absolute Gasteiger partial charge is 0.491 e. The highest BCUT2D eigenvalue weighted by Gasteiger charge is 2.12. The summed E-state index contributed by atoms with van der Waals surface area (Å²) in [7, 11) is 0. The van der Waals surface area contributed by atoms with Gasteiger partial charge in [0.2, 0.25) is 0 Å². The number of piperidine rings is 1. The molecule has 1 saturated heterocycles. The first kappa shape index (κ1) is 37.9. The Kier molecular flexibility index (Phi) is 25.9. The average Bonchev–Trinajstić information content (AvgIpc) is 3.04. The van der Waals surface area contributed by atoms with Crippen molar-refractivity contribution in [2.75, 3.05) is 106 Å². The van der Waals surface area contributed by atoms with Crippen LogP contribution in [0.2, 0.25) is 0 Å². The van der Waals surface area contributed by atoms with Crippen LogP contribution in [0, 0.1) is 0 Å². The van der Waals surface area contributed by atoms with Crippen LogP contribution in [-0.2, 0) is 39.6 Å². The van der Waals surface area contributed by atoms with E-state index in [9.17, 15) is 0 Å². The summed E-state index contributed by atoms with van der Waals surface area (Å²) in [5.74, 6) is 0.895. The van der Waals surface area contributed by atoms with Crippen molar-refractivity contribution >= 4 is 0 Å². The fourth-order valence-corrected chi connectivity index (χ4v) is 4.69. The van der Waals surface area contributed by atoms with E-state index in [0.29, 0.717) is 98.6 Å². The summed E-state index contributed by atoms with van der Waals surface area (Å²) in [4.78, 5) is 0. The van der Waals surface area contributed by atoms with Gasteiger partial charge >= 0.3 is 0 Å². The molecular formula is C34H61NO8. The van der Waals surface area contributed by atoms with Gasteiger partial charge in [0.15, 0.2) is 0 Å². The van der Waals surface area contributed by atoms with Crippen LogP contribution in [-0.4, -0.2) is 112 Å². The SMILES string of the molecule is CCCCCCCCCc1ccc(OCCOCCOCCOCCOCCOCCOCCOC2CCNCC2)cc1. The maximum atomic E-state index is 5.80. The number of rotatable bonds is 31. The Morgan fingerprint density at radius 2 is 0.977 bits per heavy atom. The summed E-state index contributed by atoms with van der Waals surface area (Å²) in [5, 5.41) is 3.33. The third kappa shape index (κ3) is 23.7. The second-order valence-corrected chi connectivity index (χ2v) is 10.9. The standard InChI is InChI=1S/C34H61NO8/c1-2-3-4-5-6-7-8-9-32-10-12-33(13-11-32)42-30-28-40-26-24-38-22-20-36-18-19-37-21-23-39-25-27-41-29-31-43-34-14-16-35-17-15-34/h10-13,34-35H,2-9,14-31H2,1H3. The highest BCUT2D eigenvalue weighted by molar-refractivity contribution is 5.27. The Bertz CT molecular complexity index is 702. The van der Waals surface area contributed by atoms with Crippen LogP contribution in [0.25, 0.3) is 0 Å². The predicted molar refractivity (Wildman–Crippen MR) is 170 cm³/mol. The van der Waals surface area contributed by atoms with Gasteiger partial charge in [0.05, 0.1) is 92.0 Å². The van der Waals surface area contributed by atoms with E-state index in [-0.39, 0.29) is 0 Å². The van der Waals surface area contributed by atoms with Crippen molar-refractivity contribution in [2.45, 2.75) is 77.2 Å². The van der Waals surface area contributed by atoms with Crippen LogP contribution in [0.3, 0.4) is 0 Å². The van der Waals surface area contributed by atoms with E-state index in [1.165, 1.54) is 50.5 Å². The van der Waals surface area contributed by atoms with Gasteiger partial charge in [-0.1, -0.05) is 57.6 Å². The molecule has 0 atom stereocenters. The molecule has 0 saturated carbocycles. The Balaban J connectivity index is 1.22. The van der Waals surface area contributed by atoms with Crippen LogP contribution in [0.4, 0.5) is 0 Å². The van der Waals surface area contributed by atoms with Gasteiger partial charge in [-0.25, -0.2) is 0 Å². The molecule has 43 heavy (non-hydrogen) atoms. The Labute approximate surface area is 261 Å². The summed E-state index contributed by atoms with van der Waals surface area (Å²) in [6, 6.07) is 8.47. The monoisotopic (exact) mass is 611 g/mol. The zero-order valence-corrected chi connectivity index (χ0v) is 27.0. The molecule has 1 fully saturated rings. The first-order chi connectivity index (χ1) is 21.4. The predicted octanol–water partition coefficient (Wildman–Crippen LogP) is 5.23. The normalized spacial score (nSPS) is 14.0. The molecule has 0 aliphatic carbocycles. The van der Waals surface area contributed by atoms with Gasteiger partial charge in [-0.2, -0.15) is 0 Å². The van der Waals surface area contributed by atoms with Gasteiger partial charge in [0, 0.05) is 0 Å². The van der Waals surface area contributed by atoms with E-state index in [4.69, 9.17) is 37.9 Å². The molecule has 1 heterocycles. The zero-order valence-electron chi connectivity index (χ0n) is 27.0. The summed E-state index contributed by atoms with van der Waals surface area (Å²) in [5.41, 5.74) is 1.39. The fourth-order valence-electron chi connectivity index (χ4n) is 4.69. The van der Waals surface area contributed by atoms with Crippen molar-refractivity contribution in [3.63, 3.8) is 0 Å². The topological polar surface area (TPSA) is 85.9 Å². The molecule has 9 nitrogen and oxygen atoms in total. The van der Waals surface area contributed by atoms with Crippen LogP contribution in [0.1, 0.15) is 70.3 Å². The number of aryl methyl sites for hydroxylation is 1. The Hall–Kier alpha value is -1.30. The molecule has 1 aromatic carbocycles. The molecule has 9 heteroatoms. The van der Waals surface area contributed by atoms with Crippen molar-refractivity contribution in [1.82, 2.24) is 5.32 Å². The molecule has 0 amide bonds. The number of benzene rings is 1. The summed E-state index contributed by atoms with van der Waals surface area (Å²) < 4.78 is 44.8. The van der Waals surface area contributed by atoms with E-state index in [0.717, 1.165) is 38.1 Å². The first-order valence-corrected chi connectivity index (χ1v) is 16.9. The van der Waals surface area contributed by atoms with Crippen molar-refractivity contribution in [2.24, 2.45) is 0 Å². The molecule has 1 N–H and O–H groups in total. The lowest BCUT2D eigenvalue weighted by atomic mass is 10.0. The van der Waals surface area contributed by atoms with E-state index in [1.54, 1.807) is 0 Å². The molecule has 1 aromatic rings. The molecule has 0 unspecified atom stereocenters. The van der Waals surface area contributed by atoms with Crippen molar-refractivity contribution < 1.29 is 37.9 Å². The number of hydrogen-bond donors (Lipinski definition) is 1.